The number of piperidine rings is 1. The Balaban J connectivity index is 2.13. The molecule has 1 unspecified atom stereocenters. The minimum absolute atomic E-state index is 0.322. The lowest BCUT2D eigenvalue weighted by Gasteiger charge is -2.39. The predicted molar refractivity (Wildman–Crippen MR) is 111 cm³/mol. The topological polar surface area (TPSA) is 105 Å². The number of carbonyl (C=O) groups is 1. The van der Waals surface area contributed by atoms with Crippen LogP contribution in [-0.4, -0.2) is 55.3 Å². The van der Waals surface area contributed by atoms with Crippen LogP contribution < -0.4 is 14.3 Å². The first-order valence-corrected chi connectivity index (χ1v) is 11.2. The fourth-order valence-electron chi connectivity index (χ4n) is 3.62. The van der Waals surface area contributed by atoms with E-state index in [0.29, 0.717) is 29.2 Å². The first-order valence-electron chi connectivity index (χ1n) is 8.99. The number of nitrogens with two attached hydrogens (primary N) is 1. The molecule has 1 saturated heterocycles. The van der Waals surface area contributed by atoms with Crippen molar-refractivity contribution in [1.82, 2.24) is 14.7 Å². The molecule has 1 fully saturated rings. The van der Waals surface area contributed by atoms with Gasteiger partial charge in [0.05, 0.1) is 17.9 Å². The summed E-state index contributed by atoms with van der Waals surface area (Å²) in [7, 11) is -0.586. The summed E-state index contributed by atoms with van der Waals surface area (Å²) >= 11 is 1.23. The Labute approximate surface area is 169 Å². The summed E-state index contributed by atoms with van der Waals surface area (Å²) in [5, 5.41) is 4.45. The van der Waals surface area contributed by atoms with Gasteiger partial charge in [0.25, 0.3) is 0 Å². The third-order valence-electron chi connectivity index (χ3n) is 4.76. The normalized spacial score (nSPS) is 18.2. The Kier molecular flexibility index (Phi) is 5.69. The maximum atomic E-state index is 13.8. The van der Waals surface area contributed by atoms with E-state index in [9.17, 15) is 13.2 Å². The number of primary amides is 1. The lowest BCUT2D eigenvalue weighted by atomic mass is 10.1. The summed E-state index contributed by atoms with van der Waals surface area (Å²) in [5.74, 6) is 0. The summed E-state index contributed by atoms with van der Waals surface area (Å²) in [5.41, 5.74) is 6.68. The number of likely N-dealkylation sites (N-methyl/N-ethyl adjacent to an activating group) is 1. The number of rotatable bonds is 5. The summed E-state index contributed by atoms with van der Waals surface area (Å²) in [6.45, 7) is 5.10. The van der Waals surface area contributed by atoms with Crippen LogP contribution in [0.5, 0.6) is 0 Å². The Morgan fingerprint density at radius 2 is 2.07 bits per heavy atom. The van der Waals surface area contributed by atoms with Crippen molar-refractivity contribution < 1.29 is 13.2 Å². The number of carbonyl (C=O) groups excluding carboxylic acids is 1. The van der Waals surface area contributed by atoms with Crippen LogP contribution in [0.2, 0.25) is 0 Å². The molecule has 0 aliphatic carbocycles. The van der Waals surface area contributed by atoms with Gasteiger partial charge >= 0.3 is 16.2 Å². The minimum atomic E-state index is -4.26. The van der Waals surface area contributed by atoms with Gasteiger partial charge in [-0.1, -0.05) is 0 Å². The van der Waals surface area contributed by atoms with Gasteiger partial charge in [0.2, 0.25) is 0 Å². The predicted octanol–water partition coefficient (Wildman–Crippen LogP) is 1.83. The molecule has 28 heavy (non-hydrogen) atoms. The second-order valence-corrected chi connectivity index (χ2v) is 10.1. The third kappa shape index (κ3) is 3.87. The highest BCUT2D eigenvalue weighted by Gasteiger charge is 2.41. The van der Waals surface area contributed by atoms with Crippen molar-refractivity contribution in [3.63, 3.8) is 0 Å². The third-order valence-corrected chi connectivity index (χ3v) is 7.84. The van der Waals surface area contributed by atoms with Crippen molar-refractivity contribution in [2.75, 3.05) is 28.7 Å². The highest BCUT2D eigenvalue weighted by molar-refractivity contribution is 7.95. The van der Waals surface area contributed by atoms with E-state index in [1.165, 1.54) is 21.8 Å². The number of likely N-dealkylation sites (tertiary alicyclic amines) is 1. The average molecular weight is 427 g/mol. The van der Waals surface area contributed by atoms with Crippen LogP contribution in [0.25, 0.3) is 0 Å². The van der Waals surface area contributed by atoms with Gasteiger partial charge in [0.1, 0.15) is 5.00 Å². The molecule has 0 bridgehead atoms. The van der Waals surface area contributed by atoms with E-state index in [1.807, 2.05) is 20.0 Å². The van der Waals surface area contributed by atoms with E-state index in [1.54, 1.807) is 24.9 Å². The molecule has 2 amide bonds. The second-order valence-electron chi connectivity index (χ2n) is 7.18. The van der Waals surface area contributed by atoms with Crippen LogP contribution in [0.1, 0.15) is 23.3 Å². The zero-order valence-electron chi connectivity index (χ0n) is 16.5. The number of amides is 2. The van der Waals surface area contributed by atoms with Crippen LogP contribution >= 0.6 is 11.3 Å². The van der Waals surface area contributed by atoms with Crippen molar-refractivity contribution >= 4 is 38.3 Å². The molecule has 9 nitrogen and oxygen atoms in total. The lowest BCUT2D eigenvalue weighted by Crippen LogP contribution is -2.56. The number of thiophene rings is 1. The molecule has 1 atom stereocenters. The number of hydrogen-bond donors (Lipinski definition) is 1. The standard InChI is InChI=1S/C17H26N6O3S2/c1-12-8-13(2)27-16(12)23(17(18)24)28(25,26)22(15-9-19-21(4)11-15)14-6-5-7-20(3)10-14/h8-9,11,14H,5-7,10H2,1-4H3,(H2,18,24). The van der Waals surface area contributed by atoms with Gasteiger partial charge in [-0.15, -0.1) is 11.3 Å². The zero-order chi connectivity index (χ0) is 20.6. The fraction of sp³-hybridized carbons (Fsp3) is 0.529. The van der Waals surface area contributed by atoms with Crippen LogP contribution in [0.3, 0.4) is 0 Å². The molecule has 3 rings (SSSR count). The van der Waals surface area contributed by atoms with Crippen molar-refractivity contribution in [2.24, 2.45) is 12.8 Å². The molecule has 11 heteroatoms. The van der Waals surface area contributed by atoms with E-state index >= 15 is 0 Å². The fourth-order valence-corrected chi connectivity index (χ4v) is 6.62. The molecule has 2 N–H and O–H groups in total. The monoisotopic (exact) mass is 426 g/mol. The van der Waals surface area contributed by atoms with Crippen LogP contribution in [0.4, 0.5) is 15.5 Å². The molecule has 154 valence electrons. The van der Waals surface area contributed by atoms with E-state index in [-0.39, 0.29) is 6.04 Å². The second kappa shape index (κ2) is 7.72. The lowest BCUT2D eigenvalue weighted by molar-refractivity contribution is 0.252. The van der Waals surface area contributed by atoms with Crippen LogP contribution in [0.15, 0.2) is 18.5 Å². The summed E-state index contributed by atoms with van der Waals surface area (Å²) in [6.07, 6.45) is 4.68. The van der Waals surface area contributed by atoms with E-state index in [4.69, 9.17) is 5.73 Å². The Hall–Kier alpha value is -2.11. The molecular formula is C17H26N6O3S2. The molecule has 0 radical (unpaired) electrons. The van der Waals surface area contributed by atoms with Gasteiger partial charge in [0.15, 0.2) is 0 Å². The Bertz CT molecular complexity index is 967. The molecule has 0 spiro atoms. The summed E-state index contributed by atoms with van der Waals surface area (Å²) in [6, 6.07) is 0.494. The highest BCUT2D eigenvalue weighted by Crippen LogP contribution is 2.36. The largest absolute Gasteiger partial charge is 0.350 e. The summed E-state index contributed by atoms with van der Waals surface area (Å²) in [4.78, 5) is 15.3. The molecule has 1 aliphatic heterocycles. The molecule has 1 aliphatic rings. The molecule has 3 heterocycles. The number of aryl methyl sites for hydroxylation is 3. The van der Waals surface area contributed by atoms with E-state index in [2.05, 4.69) is 10.00 Å². The van der Waals surface area contributed by atoms with Crippen molar-refractivity contribution in [1.29, 1.82) is 0 Å². The van der Waals surface area contributed by atoms with Crippen LogP contribution in [0, 0.1) is 13.8 Å². The van der Waals surface area contributed by atoms with Gasteiger partial charge in [-0.25, -0.2) is 9.10 Å². The number of urea groups is 1. The van der Waals surface area contributed by atoms with Gasteiger partial charge in [-0.05, 0) is 51.9 Å². The van der Waals surface area contributed by atoms with Gasteiger partial charge in [0, 0.05) is 24.7 Å². The quantitative estimate of drug-likeness (QED) is 0.785. The van der Waals surface area contributed by atoms with Gasteiger partial charge in [-0.2, -0.15) is 17.8 Å². The molecule has 2 aromatic heterocycles. The number of nitrogens with zero attached hydrogens (tertiary/aromatic N) is 5. The van der Waals surface area contributed by atoms with Crippen molar-refractivity contribution in [3.8, 4) is 0 Å². The molecule has 0 saturated carbocycles. The number of aromatic nitrogens is 2. The average Bonchev–Trinajstić information content (AvgIpc) is 3.12. The Morgan fingerprint density at radius 3 is 2.57 bits per heavy atom. The van der Waals surface area contributed by atoms with Gasteiger partial charge in [-0.3, -0.25) is 4.68 Å². The number of hydrogen-bond acceptors (Lipinski definition) is 6. The van der Waals surface area contributed by atoms with Crippen molar-refractivity contribution in [2.45, 2.75) is 32.7 Å². The smallest absolute Gasteiger partial charge is 0.335 e. The first-order chi connectivity index (χ1) is 13.1. The van der Waals surface area contributed by atoms with Crippen LogP contribution in [-0.2, 0) is 17.3 Å². The van der Waals surface area contributed by atoms with E-state index in [0.717, 1.165) is 22.1 Å². The first kappa shape index (κ1) is 20.6. The highest BCUT2D eigenvalue weighted by atomic mass is 32.2. The zero-order valence-corrected chi connectivity index (χ0v) is 18.1. The summed E-state index contributed by atoms with van der Waals surface area (Å²) < 4.78 is 31.1. The maximum Gasteiger partial charge on any atom is 0.335 e. The maximum absolute atomic E-state index is 13.8. The number of anilines is 2. The van der Waals surface area contributed by atoms with Crippen molar-refractivity contribution in [3.05, 3.63) is 28.9 Å². The molecule has 0 aromatic carbocycles. The Morgan fingerprint density at radius 1 is 1.36 bits per heavy atom. The SMILES string of the molecule is Cc1cc(C)c(N(C(N)=O)S(=O)(=O)N(c2cnn(C)c2)C2CCCN(C)C2)s1. The van der Waals surface area contributed by atoms with Gasteiger partial charge < -0.3 is 10.6 Å². The van der Waals surface area contributed by atoms with E-state index < -0.39 is 16.2 Å². The minimum Gasteiger partial charge on any atom is -0.350 e. The molecule has 2 aromatic rings. The molecular weight excluding hydrogens is 400 g/mol.